The van der Waals surface area contributed by atoms with Gasteiger partial charge in [0.05, 0.1) is 5.41 Å². The molecular formula is C15H16O2. The quantitative estimate of drug-likeness (QED) is 0.574. The minimum atomic E-state index is -0.333. The van der Waals surface area contributed by atoms with Crippen LogP contribution in [0.4, 0.5) is 0 Å². The van der Waals surface area contributed by atoms with Crippen molar-refractivity contribution in [1.29, 1.82) is 0 Å². The monoisotopic (exact) mass is 228 g/mol. The lowest BCUT2D eigenvalue weighted by molar-refractivity contribution is 0.0676. The molecule has 0 radical (unpaired) electrons. The van der Waals surface area contributed by atoms with Crippen LogP contribution < -0.4 is 0 Å². The molecule has 0 saturated carbocycles. The second-order valence-corrected chi connectivity index (χ2v) is 4.44. The van der Waals surface area contributed by atoms with Crippen molar-refractivity contribution in [3.8, 4) is 12.3 Å². The van der Waals surface area contributed by atoms with Gasteiger partial charge in [-0.15, -0.1) is 6.42 Å². The molecule has 0 aliphatic carbocycles. The SMILES string of the molecule is C#CC1(c2ccccc2C(C)=O)CCOCC1. The van der Waals surface area contributed by atoms with Gasteiger partial charge < -0.3 is 4.74 Å². The van der Waals surface area contributed by atoms with E-state index in [-0.39, 0.29) is 11.2 Å². The molecule has 1 aromatic rings. The lowest BCUT2D eigenvalue weighted by Gasteiger charge is -2.34. The highest BCUT2D eigenvalue weighted by atomic mass is 16.5. The van der Waals surface area contributed by atoms with Gasteiger partial charge in [0.25, 0.3) is 0 Å². The van der Waals surface area contributed by atoms with Crippen LogP contribution in [0.25, 0.3) is 0 Å². The van der Waals surface area contributed by atoms with Crippen LogP contribution in [0.3, 0.4) is 0 Å². The average molecular weight is 228 g/mol. The normalized spacial score (nSPS) is 18.4. The van der Waals surface area contributed by atoms with E-state index in [4.69, 9.17) is 11.2 Å². The predicted molar refractivity (Wildman–Crippen MR) is 67.0 cm³/mol. The second-order valence-electron chi connectivity index (χ2n) is 4.44. The van der Waals surface area contributed by atoms with E-state index < -0.39 is 0 Å². The summed E-state index contributed by atoms with van der Waals surface area (Å²) < 4.78 is 5.37. The van der Waals surface area contributed by atoms with Gasteiger partial charge in [-0.1, -0.05) is 30.2 Å². The van der Waals surface area contributed by atoms with Gasteiger partial charge in [-0.2, -0.15) is 0 Å². The molecule has 0 N–H and O–H groups in total. The van der Waals surface area contributed by atoms with Crippen LogP contribution in [-0.2, 0) is 10.2 Å². The van der Waals surface area contributed by atoms with Crippen molar-refractivity contribution in [2.24, 2.45) is 0 Å². The number of rotatable bonds is 2. The standard InChI is InChI=1S/C15H16O2/c1-3-15(8-10-17-11-9-15)14-7-5-4-6-13(14)12(2)16/h1,4-7H,8-11H2,2H3. The van der Waals surface area contributed by atoms with E-state index in [1.807, 2.05) is 24.3 Å². The molecule has 0 unspecified atom stereocenters. The Kier molecular flexibility index (Phi) is 3.31. The molecule has 0 amide bonds. The Hall–Kier alpha value is -1.59. The van der Waals surface area contributed by atoms with E-state index >= 15 is 0 Å². The molecule has 88 valence electrons. The minimum absolute atomic E-state index is 0.0710. The van der Waals surface area contributed by atoms with Crippen molar-refractivity contribution < 1.29 is 9.53 Å². The molecule has 0 spiro atoms. The van der Waals surface area contributed by atoms with Crippen LogP contribution >= 0.6 is 0 Å². The smallest absolute Gasteiger partial charge is 0.160 e. The summed E-state index contributed by atoms with van der Waals surface area (Å²) in [6.45, 7) is 2.91. The molecule has 17 heavy (non-hydrogen) atoms. The number of ether oxygens (including phenoxy) is 1. The number of carbonyl (C=O) groups is 1. The fraction of sp³-hybridized carbons (Fsp3) is 0.400. The summed E-state index contributed by atoms with van der Waals surface area (Å²) in [6, 6.07) is 7.65. The number of carbonyl (C=O) groups excluding carboxylic acids is 1. The van der Waals surface area contributed by atoms with Gasteiger partial charge in [0.2, 0.25) is 0 Å². The summed E-state index contributed by atoms with van der Waals surface area (Å²) in [7, 11) is 0. The Labute approximate surface area is 102 Å². The van der Waals surface area contributed by atoms with Gasteiger partial charge in [0, 0.05) is 18.8 Å². The van der Waals surface area contributed by atoms with E-state index in [9.17, 15) is 4.79 Å². The largest absolute Gasteiger partial charge is 0.381 e. The molecule has 1 aliphatic rings. The number of hydrogen-bond acceptors (Lipinski definition) is 2. The molecule has 1 heterocycles. The van der Waals surface area contributed by atoms with Gasteiger partial charge in [0.1, 0.15) is 0 Å². The van der Waals surface area contributed by atoms with Crippen molar-refractivity contribution in [2.75, 3.05) is 13.2 Å². The fourth-order valence-electron chi connectivity index (χ4n) is 2.42. The Bertz CT molecular complexity index is 462. The fourth-order valence-corrected chi connectivity index (χ4v) is 2.42. The van der Waals surface area contributed by atoms with E-state index in [1.54, 1.807) is 6.92 Å². The van der Waals surface area contributed by atoms with Crippen molar-refractivity contribution >= 4 is 5.78 Å². The van der Waals surface area contributed by atoms with Gasteiger partial charge in [-0.05, 0) is 25.3 Å². The zero-order valence-electron chi connectivity index (χ0n) is 10.0. The first kappa shape index (κ1) is 11.9. The van der Waals surface area contributed by atoms with Gasteiger partial charge in [0.15, 0.2) is 5.78 Å². The maximum atomic E-state index is 11.7. The highest BCUT2D eigenvalue weighted by Gasteiger charge is 2.34. The first-order chi connectivity index (χ1) is 8.19. The molecule has 2 heteroatoms. The lowest BCUT2D eigenvalue weighted by Crippen LogP contribution is -2.33. The van der Waals surface area contributed by atoms with Crippen LogP contribution in [0, 0.1) is 12.3 Å². The summed E-state index contributed by atoms with van der Waals surface area (Å²) in [4.78, 5) is 11.7. The average Bonchev–Trinajstić information content (AvgIpc) is 2.39. The number of terminal acetylenes is 1. The summed E-state index contributed by atoms with van der Waals surface area (Å²) >= 11 is 0. The Morgan fingerprint density at radius 3 is 2.59 bits per heavy atom. The topological polar surface area (TPSA) is 26.3 Å². The molecule has 1 aliphatic heterocycles. The lowest BCUT2D eigenvalue weighted by atomic mass is 9.73. The molecule has 0 atom stereocenters. The third-order valence-corrected chi connectivity index (χ3v) is 3.44. The second kappa shape index (κ2) is 4.73. The Morgan fingerprint density at radius 2 is 2.00 bits per heavy atom. The molecule has 0 aromatic heterocycles. The molecular weight excluding hydrogens is 212 g/mol. The van der Waals surface area contributed by atoms with Crippen LogP contribution in [0.2, 0.25) is 0 Å². The summed E-state index contributed by atoms with van der Waals surface area (Å²) in [5.74, 6) is 2.97. The van der Waals surface area contributed by atoms with Gasteiger partial charge >= 0.3 is 0 Å². The molecule has 1 aromatic carbocycles. The van der Waals surface area contributed by atoms with Crippen molar-refractivity contribution in [3.63, 3.8) is 0 Å². The van der Waals surface area contributed by atoms with Crippen LogP contribution in [0.15, 0.2) is 24.3 Å². The third kappa shape index (κ3) is 2.11. The van der Waals surface area contributed by atoms with Crippen molar-refractivity contribution in [3.05, 3.63) is 35.4 Å². The number of Topliss-reactive ketones (excluding diaryl/α,β-unsaturated/α-hetero) is 1. The number of hydrogen-bond donors (Lipinski definition) is 0. The highest BCUT2D eigenvalue weighted by molar-refractivity contribution is 5.96. The zero-order valence-corrected chi connectivity index (χ0v) is 10.0. The molecule has 2 nitrogen and oxygen atoms in total. The van der Waals surface area contributed by atoms with Crippen LogP contribution in [-0.4, -0.2) is 19.0 Å². The maximum absolute atomic E-state index is 11.7. The van der Waals surface area contributed by atoms with Crippen molar-refractivity contribution in [1.82, 2.24) is 0 Å². The highest BCUT2D eigenvalue weighted by Crippen LogP contribution is 2.36. The molecule has 1 saturated heterocycles. The zero-order chi connectivity index (χ0) is 12.3. The van der Waals surface area contributed by atoms with E-state index in [0.717, 1.165) is 24.0 Å². The predicted octanol–water partition coefficient (Wildman–Crippen LogP) is 2.57. The first-order valence-corrected chi connectivity index (χ1v) is 5.85. The molecule has 0 bridgehead atoms. The summed E-state index contributed by atoms with van der Waals surface area (Å²) in [5, 5.41) is 0. The summed E-state index contributed by atoms with van der Waals surface area (Å²) in [5.41, 5.74) is 1.39. The van der Waals surface area contributed by atoms with Gasteiger partial charge in [-0.3, -0.25) is 4.79 Å². The van der Waals surface area contributed by atoms with Crippen LogP contribution in [0.1, 0.15) is 35.7 Å². The van der Waals surface area contributed by atoms with Crippen LogP contribution in [0.5, 0.6) is 0 Å². The number of ketones is 1. The Balaban J connectivity index is 2.51. The summed E-state index contributed by atoms with van der Waals surface area (Å²) in [6.07, 6.45) is 7.29. The van der Waals surface area contributed by atoms with Gasteiger partial charge in [-0.25, -0.2) is 0 Å². The first-order valence-electron chi connectivity index (χ1n) is 5.85. The van der Waals surface area contributed by atoms with E-state index in [1.165, 1.54) is 0 Å². The number of benzene rings is 1. The maximum Gasteiger partial charge on any atom is 0.160 e. The third-order valence-electron chi connectivity index (χ3n) is 3.44. The Morgan fingerprint density at radius 1 is 1.35 bits per heavy atom. The van der Waals surface area contributed by atoms with E-state index in [2.05, 4.69) is 5.92 Å². The van der Waals surface area contributed by atoms with E-state index in [0.29, 0.717) is 13.2 Å². The minimum Gasteiger partial charge on any atom is -0.381 e. The van der Waals surface area contributed by atoms with Crippen molar-refractivity contribution in [2.45, 2.75) is 25.2 Å². The molecule has 2 rings (SSSR count). The molecule has 1 fully saturated rings.